The van der Waals surface area contributed by atoms with Gasteiger partial charge in [-0.2, -0.15) is 13.2 Å². The molecule has 1 aliphatic heterocycles. The minimum absolute atomic E-state index is 0.318. The van der Waals surface area contributed by atoms with E-state index in [1.807, 2.05) is 25.7 Å². The summed E-state index contributed by atoms with van der Waals surface area (Å²) in [5.74, 6) is -1.21. The van der Waals surface area contributed by atoms with Crippen LogP contribution in [0.4, 0.5) is 23.2 Å². The molecule has 1 aromatic carbocycles. The molecule has 24 heavy (non-hydrogen) atoms. The number of alkyl halides is 3. The Bertz CT molecular complexity index is 536. The van der Waals surface area contributed by atoms with Gasteiger partial charge in [0.25, 0.3) is 6.47 Å². The Balaban J connectivity index is 0.000000351. The van der Waals surface area contributed by atoms with E-state index in [9.17, 15) is 22.4 Å². The van der Waals surface area contributed by atoms with Crippen LogP contribution >= 0.6 is 0 Å². The second kappa shape index (κ2) is 8.32. The minimum atomic E-state index is -4.63. The van der Waals surface area contributed by atoms with Gasteiger partial charge in [-0.05, 0) is 39.0 Å². The number of nitrogens with zero attached hydrogens (tertiary/aromatic N) is 1. The maximum Gasteiger partial charge on any atom is 0.419 e. The third kappa shape index (κ3) is 6.74. The van der Waals surface area contributed by atoms with Crippen LogP contribution in [-0.4, -0.2) is 38.3 Å². The van der Waals surface area contributed by atoms with E-state index >= 15 is 0 Å². The van der Waals surface area contributed by atoms with Crippen molar-refractivity contribution in [3.63, 3.8) is 0 Å². The van der Waals surface area contributed by atoms with Gasteiger partial charge in [0.2, 0.25) is 0 Å². The molecule has 2 rings (SSSR count). The molecule has 8 heteroatoms. The summed E-state index contributed by atoms with van der Waals surface area (Å²) in [7, 11) is 0. The number of halogens is 4. The van der Waals surface area contributed by atoms with Crippen LogP contribution in [0, 0.1) is 5.82 Å². The number of piperazine rings is 1. The summed E-state index contributed by atoms with van der Waals surface area (Å²) in [6.45, 7) is 8.77. The van der Waals surface area contributed by atoms with Crippen LogP contribution in [0.3, 0.4) is 0 Å². The molecule has 0 aliphatic carbocycles. The van der Waals surface area contributed by atoms with Gasteiger partial charge >= 0.3 is 6.18 Å². The third-order valence-corrected chi connectivity index (χ3v) is 3.14. The van der Waals surface area contributed by atoms with Gasteiger partial charge in [-0.3, -0.25) is 4.79 Å². The summed E-state index contributed by atoms with van der Waals surface area (Å²) in [5, 5.41) is 3.12. The molecule has 1 aromatic rings. The zero-order valence-electron chi connectivity index (χ0n) is 13.9. The Labute approximate surface area is 138 Å². The second-order valence-corrected chi connectivity index (χ2v) is 6.23. The van der Waals surface area contributed by atoms with Crippen molar-refractivity contribution in [2.24, 2.45) is 0 Å². The molecule has 1 fully saturated rings. The molecule has 1 heterocycles. The lowest BCUT2D eigenvalue weighted by molar-refractivity contribution is -0.140. The van der Waals surface area contributed by atoms with Crippen molar-refractivity contribution >= 4 is 12.2 Å². The van der Waals surface area contributed by atoms with E-state index in [4.69, 9.17) is 0 Å². The summed E-state index contributed by atoms with van der Waals surface area (Å²) in [6, 6.07) is 3.07. The Kier molecular flexibility index (Phi) is 7.01. The van der Waals surface area contributed by atoms with Crippen LogP contribution in [0.25, 0.3) is 0 Å². The molecule has 1 saturated heterocycles. The Morgan fingerprint density at radius 3 is 2.12 bits per heavy atom. The summed E-state index contributed by atoms with van der Waals surface area (Å²) in [6.07, 6.45) is -4.63. The normalized spacial score (nSPS) is 15.4. The Morgan fingerprint density at radius 1 is 1.17 bits per heavy atom. The van der Waals surface area contributed by atoms with Crippen molar-refractivity contribution < 1.29 is 27.1 Å². The number of carbonyl (C=O) groups is 1. The fourth-order valence-corrected chi connectivity index (χ4v) is 2.00. The quantitative estimate of drug-likeness (QED) is 0.657. The molecule has 0 saturated carbocycles. The molecular weight excluding hydrogens is 328 g/mol. The molecule has 0 atom stereocenters. The zero-order chi connectivity index (χ0) is 18.4. The number of rotatable bonds is 2. The highest BCUT2D eigenvalue weighted by Crippen LogP contribution is 2.33. The number of ether oxygens (including phenoxy) is 1. The molecule has 0 amide bonds. The van der Waals surface area contributed by atoms with Gasteiger partial charge < -0.3 is 15.0 Å². The smallest absolute Gasteiger partial charge is 0.419 e. The van der Waals surface area contributed by atoms with Crippen molar-refractivity contribution in [3.8, 4) is 0 Å². The maximum absolute atomic E-state index is 13.3. The lowest BCUT2D eigenvalue weighted by Gasteiger charge is -2.29. The fraction of sp³-hybridized carbons (Fsp3) is 0.562. The van der Waals surface area contributed by atoms with E-state index in [0.717, 1.165) is 25.2 Å². The first-order valence-electron chi connectivity index (χ1n) is 7.48. The first-order valence-corrected chi connectivity index (χ1v) is 7.48. The van der Waals surface area contributed by atoms with Gasteiger partial charge in [0.05, 0.1) is 5.56 Å². The maximum atomic E-state index is 13.3. The van der Waals surface area contributed by atoms with Gasteiger partial charge in [-0.1, -0.05) is 0 Å². The molecule has 0 spiro atoms. The van der Waals surface area contributed by atoms with E-state index in [1.54, 1.807) is 0 Å². The predicted molar refractivity (Wildman–Crippen MR) is 83.4 cm³/mol. The van der Waals surface area contributed by atoms with Crippen molar-refractivity contribution in [2.75, 3.05) is 31.1 Å². The summed E-state index contributed by atoms with van der Waals surface area (Å²) in [5.41, 5.74) is -1.03. The number of hydrogen-bond donors (Lipinski definition) is 1. The number of hydrogen-bond acceptors (Lipinski definition) is 4. The third-order valence-electron chi connectivity index (χ3n) is 3.14. The highest BCUT2D eigenvalue weighted by molar-refractivity contribution is 5.49. The lowest BCUT2D eigenvalue weighted by Crippen LogP contribution is -2.43. The molecule has 0 radical (unpaired) electrons. The predicted octanol–water partition coefficient (Wildman–Crippen LogP) is 3.21. The number of nitrogens with one attached hydrogen (secondary N) is 1. The molecule has 0 unspecified atom stereocenters. The second-order valence-electron chi connectivity index (χ2n) is 6.23. The van der Waals surface area contributed by atoms with E-state index in [2.05, 4.69) is 10.1 Å². The van der Waals surface area contributed by atoms with Crippen LogP contribution < -0.4 is 10.2 Å². The average molecular weight is 350 g/mol. The SMILES string of the molecule is CC(C)(C)OC=O.Fc1cc(N2CCNCC2)ccc1C(F)(F)F. The van der Waals surface area contributed by atoms with E-state index < -0.39 is 17.6 Å². The van der Waals surface area contributed by atoms with Crippen molar-refractivity contribution in [1.82, 2.24) is 5.32 Å². The average Bonchev–Trinajstić information content (AvgIpc) is 2.46. The first-order chi connectivity index (χ1) is 11.0. The fourth-order valence-electron chi connectivity index (χ4n) is 2.00. The number of carbonyl (C=O) groups excluding carboxylic acids is 1. The molecular formula is C16H22F4N2O2. The standard InChI is InChI=1S/C11H12F4N2.C5H10O2/c12-10-7-8(17-5-3-16-4-6-17)1-2-9(10)11(13,14)15;1-5(2,3)7-4-6/h1-2,7,16H,3-6H2;4H,1-3H3. The van der Waals surface area contributed by atoms with Crippen molar-refractivity contribution in [2.45, 2.75) is 32.5 Å². The van der Waals surface area contributed by atoms with Gasteiger partial charge in [0.15, 0.2) is 0 Å². The number of benzene rings is 1. The lowest BCUT2D eigenvalue weighted by atomic mass is 10.1. The molecule has 136 valence electrons. The summed E-state index contributed by atoms with van der Waals surface area (Å²) < 4.78 is 55.0. The largest absolute Gasteiger partial charge is 0.462 e. The number of anilines is 1. The molecule has 0 bridgehead atoms. The Hall–Kier alpha value is -1.83. The summed E-state index contributed by atoms with van der Waals surface area (Å²) >= 11 is 0. The topological polar surface area (TPSA) is 41.6 Å². The highest BCUT2D eigenvalue weighted by atomic mass is 19.4. The van der Waals surface area contributed by atoms with Gasteiger partial charge in [-0.15, -0.1) is 0 Å². The zero-order valence-corrected chi connectivity index (χ0v) is 13.9. The van der Waals surface area contributed by atoms with E-state index in [1.165, 1.54) is 6.07 Å². The molecule has 1 N–H and O–H groups in total. The van der Waals surface area contributed by atoms with Crippen LogP contribution in [0.2, 0.25) is 0 Å². The van der Waals surface area contributed by atoms with Gasteiger partial charge in [0.1, 0.15) is 11.4 Å². The minimum Gasteiger partial charge on any atom is -0.462 e. The van der Waals surface area contributed by atoms with E-state index in [-0.39, 0.29) is 5.60 Å². The van der Waals surface area contributed by atoms with Crippen molar-refractivity contribution in [1.29, 1.82) is 0 Å². The van der Waals surface area contributed by atoms with E-state index in [0.29, 0.717) is 25.2 Å². The monoisotopic (exact) mass is 350 g/mol. The van der Waals surface area contributed by atoms with Crippen LogP contribution in [0.1, 0.15) is 26.3 Å². The first kappa shape index (κ1) is 20.2. The van der Waals surface area contributed by atoms with Gasteiger partial charge in [0, 0.05) is 31.9 Å². The summed E-state index contributed by atoms with van der Waals surface area (Å²) in [4.78, 5) is 11.5. The van der Waals surface area contributed by atoms with Crippen LogP contribution in [0.5, 0.6) is 0 Å². The highest BCUT2D eigenvalue weighted by Gasteiger charge is 2.34. The molecule has 1 aliphatic rings. The van der Waals surface area contributed by atoms with Crippen LogP contribution in [-0.2, 0) is 15.7 Å². The molecule has 0 aromatic heterocycles. The molecule has 4 nitrogen and oxygen atoms in total. The Morgan fingerprint density at radius 2 is 1.75 bits per heavy atom. The van der Waals surface area contributed by atoms with Gasteiger partial charge in [-0.25, -0.2) is 4.39 Å². The van der Waals surface area contributed by atoms with Crippen LogP contribution in [0.15, 0.2) is 18.2 Å². The van der Waals surface area contributed by atoms with Crippen molar-refractivity contribution in [3.05, 3.63) is 29.6 Å².